The first-order chi connectivity index (χ1) is 14.3. The van der Waals surface area contributed by atoms with Crippen LogP contribution in [0.5, 0.6) is 0 Å². The lowest BCUT2D eigenvalue weighted by Gasteiger charge is -2.28. The van der Waals surface area contributed by atoms with E-state index in [1.807, 2.05) is 30.3 Å². The molecule has 0 unspecified atom stereocenters. The number of ether oxygens (including phenoxy) is 1. The summed E-state index contributed by atoms with van der Waals surface area (Å²) in [5.74, 6) is 1.38. The maximum absolute atomic E-state index is 10.5. The first-order valence-corrected chi connectivity index (χ1v) is 10.8. The molecule has 0 radical (unpaired) electrons. The smallest absolute Gasteiger partial charge is 0.191 e. The van der Waals surface area contributed by atoms with Gasteiger partial charge in [0.25, 0.3) is 0 Å². The average molecular weight is 412 g/mol. The molecular weight excluding hydrogens is 386 g/mol. The number of morpholine rings is 1. The lowest BCUT2D eigenvalue weighted by atomic mass is 10.2. The summed E-state index contributed by atoms with van der Waals surface area (Å²) >= 11 is 1.54. The fourth-order valence-electron chi connectivity index (χ4n) is 3.32. The highest BCUT2D eigenvalue weighted by Gasteiger charge is 2.18. The van der Waals surface area contributed by atoms with Crippen molar-refractivity contribution in [3.8, 4) is 11.4 Å². The van der Waals surface area contributed by atoms with E-state index < -0.39 is 6.10 Å². The van der Waals surface area contributed by atoms with Crippen LogP contribution in [0.3, 0.4) is 0 Å². The molecule has 1 aliphatic heterocycles. The second kappa shape index (κ2) is 9.98. The number of hydrogen-bond donors (Lipinski definition) is 1. The predicted molar refractivity (Wildman–Crippen MR) is 113 cm³/mol. The zero-order valence-corrected chi connectivity index (χ0v) is 17.0. The van der Waals surface area contributed by atoms with Gasteiger partial charge in [-0.25, -0.2) is 0 Å². The van der Waals surface area contributed by atoms with Crippen molar-refractivity contribution in [2.45, 2.75) is 17.8 Å². The standard InChI is InChI=1S/C21H25N5O2S/c27-19(15-25-10-12-28-13-11-25)16-29-21-24-23-20(18-6-8-22-9-7-18)26(21)14-17-4-2-1-3-5-17/h1-9,19,27H,10-16H2/t19-/m1/s1. The molecule has 0 spiro atoms. The molecule has 8 heteroatoms. The summed E-state index contributed by atoms with van der Waals surface area (Å²) in [5.41, 5.74) is 2.16. The summed E-state index contributed by atoms with van der Waals surface area (Å²) in [6.45, 7) is 4.55. The maximum atomic E-state index is 10.5. The van der Waals surface area contributed by atoms with E-state index in [-0.39, 0.29) is 0 Å². The van der Waals surface area contributed by atoms with Crippen molar-refractivity contribution in [3.05, 3.63) is 60.4 Å². The first kappa shape index (κ1) is 20.0. The van der Waals surface area contributed by atoms with Gasteiger partial charge in [-0.15, -0.1) is 10.2 Å². The van der Waals surface area contributed by atoms with Crippen LogP contribution in [0.1, 0.15) is 5.56 Å². The van der Waals surface area contributed by atoms with E-state index in [0.29, 0.717) is 18.8 Å². The fourth-order valence-corrected chi connectivity index (χ4v) is 4.18. The van der Waals surface area contributed by atoms with E-state index in [0.717, 1.165) is 42.8 Å². The van der Waals surface area contributed by atoms with Crippen molar-refractivity contribution in [1.82, 2.24) is 24.6 Å². The summed E-state index contributed by atoms with van der Waals surface area (Å²) in [6.07, 6.45) is 3.09. The largest absolute Gasteiger partial charge is 0.391 e. The molecule has 1 N–H and O–H groups in total. The van der Waals surface area contributed by atoms with Gasteiger partial charge in [0.15, 0.2) is 11.0 Å². The van der Waals surface area contributed by atoms with Gasteiger partial charge in [-0.2, -0.15) is 0 Å². The summed E-state index contributed by atoms with van der Waals surface area (Å²) in [6, 6.07) is 14.1. The van der Waals surface area contributed by atoms with Crippen molar-refractivity contribution in [3.63, 3.8) is 0 Å². The zero-order valence-electron chi connectivity index (χ0n) is 16.2. The predicted octanol–water partition coefficient (Wildman–Crippen LogP) is 2.17. The third-order valence-corrected chi connectivity index (χ3v) is 5.93. The molecule has 0 aliphatic carbocycles. The van der Waals surface area contributed by atoms with Crippen LogP contribution in [0, 0.1) is 0 Å². The number of hydrogen-bond acceptors (Lipinski definition) is 7. The first-order valence-electron chi connectivity index (χ1n) is 9.78. The molecule has 2 aromatic heterocycles. The van der Waals surface area contributed by atoms with Gasteiger partial charge in [-0.3, -0.25) is 14.5 Å². The van der Waals surface area contributed by atoms with Crippen molar-refractivity contribution in [2.75, 3.05) is 38.6 Å². The second-order valence-electron chi connectivity index (χ2n) is 6.99. The number of aliphatic hydroxyl groups is 1. The summed E-state index contributed by atoms with van der Waals surface area (Å²) in [5, 5.41) is 20.2. The van der Waals surface area contributed by atoms with Crippen LogP contribution in [-0.2, 0) is 11.3 Å². The number of nitrogens with zero attached hydrogens (tertiary/aromatic N) is 5. The third kappa shape index (κ3) is 5.42. The molecule has 1 atom stereocenters. The highest BCUT2D eigenvalue weighted by Crippen LogP contribution is 2.25. The molecule has 3 heterocycles. The minimum atomic E-state index is -0.427. The van der Waals surface area contributed by atoms with Crippen LogP contribution >= 0.6 is 11.8 Å². The monoisotopic (exact) mass is 411 g/mol. The van der Waals surface area contributed by atoms with Crippen molar-refractivity contribution < 1.29 is 9.84 Å². The van der Waals surface area contributed by atoms with Crippen LogP contribution in [0.25, 0.3) is 11.4 Å². The summed E-state index contributed by atoms with van der Waals surface area (Å²) < 4.78 is 7.48. The molecule has 0 saturated carbocycles. The Morgan fingerprint density at radius 1 is 1.03 bits per heavy atom. The Morgan fingerprint density at radius 2 is 1.79 bits per heavy atom. The maximum Gasteiger partial charge on any atom is 0.191 e. The molecule has 3 aromatic rings. The normalized spacial score (nSPS) is 16.0. The van der Waals surface area contributed by atoms with Gasteiger partial charge in [0.05, 0.1) is 25.9 Å². The number of aliphatic hydroxyl groups excluding tert-OH is 1. The number of aromatic nitrogens is 4. The highest BCUT2D eigenvalue weighted by molar-refractivity contribution is 7.99. The SMILES string of the molecule is O[C@@H](CSc1nnc(-c2ccncc2)n1Cc1ccccc1)CN1CCOCC1. The Kier molecular flexibility index (Phi) is 6.89. The van der Waals surface area contributed by atoms with Crippen molar-refractivity contribution in [2.24, 2.45) is 0 Å². The Labute approximate surface area is 174 Å². The zero-order chi connectivity index (χ0) is 19.9. The van der Waals surface area contributed by atoms with Crippen LogP contribution < -0.4 is 0 Å². The summed E-state index contributed by atoms with van der Waals surface area (Å²) in [7, 11) is 0. The van der Waals surface area contributed by atoms with Gasteiger partial charge >= 0.3 is 0 Å². The molecular formula is C21H25N5O2S. The van der Waals surface area contributed by atoms with Gasteiger partial charge in [0, 0.05) is 43.3 Å². The highest BCUT2D eigenvalue weighted by atomic mass is 32.2. The quantitative estimate of drug-likeness (QED) is 0.569. The lowest BCUT2D eigenvalue weighted by molar-refractivity contribution is 0.0188. The van der Waals surface area contributed by atoms with E-state index in [9.17, 15) is 5.11 Å². The molecule has 7 nitrogen and oxygen atoms in total. The Balaban J connectivity index is 1.49. The van der Waals surface area contributed by atoms with E-state index in [4.69, 9.17) is 4.74 Å². The molecule has 1 fully saturated rings. The van der Waals surface area contributed by atoms with E-state index >= 15 is 0 Å². The van der Waals surface area contributed by atoms with Gasteiger partial charge in [0.1, 0.15) is 0 Å². The molecule has 1 saturated heterocycles. The van der Waals surface area contributed by atoms with Gasteiger partial charge in [-0.1, -0.05) is 42.1 Å². The fraction of sp³-hybridized carbons (Fsp3) is 0.381. The van der Waals surface area contributed by atoms with Crippen LogP contribution in [0.15, 0.2) is 60.0 Å². The van der Waals surface area contributed by atoms with Gasteiger partial charge in [0.2, 0.25) is 0 Å². The lowest BCUT2D eigenvalue weighted by Crippen LogP contribution is -2.41. The third-order valence-electron chi connectivity index (χ3n) is 4.82. The minimum absolute atomic E-state index is 0.427. The molecule has 29 heavy (non-hydrogen) atoms. The van der Waals surface area contributed by atoms with E-state index in [2.05, 4.69) is 36.8 Å². The number of benzene rings is 1. The average Bonchev–Trinajstić information content (AvgIpc) is 3.17. The van der Waals surface area contributed by atoms with E-state index in [1.165, 1.54) is 5.56 Å². The van der Waals surface area contributed by atoms with E-state index in [1.54, 1.807) is 24.2 Å². The van der Waals surface area contributed by atoms with Gasteiger partial charge in [-0.05, 0) is 17.7 Å². The molecule has 0 bridgehead atoms. The van der Waals surface area contributed by atoms with Gasteiger partial charge < -0.3 is 9.84 Å². The summed E-state index contributed by atoms with van der Waals surface area (Å²) in [4.78, 5) is 6.34. The minimum Gasteiger partial charge on any atom is -0.391 e. The van der Waals surface area contributed by atoms with Crippen LogP contribution in [-0.4, -0.2) is 74.5 Å². The molecule has 1 aliphatic rings. The molecule has 4 rings (SSSR count). The number of rotatable bonds is 8. The number of thioether (sulfide) groups is 1. The Hall–Kier alpha value is -2.26. The second-order valence-corrected chi connectivity index (χ2v) is 7.98. The van der Waals surface area contributed by atoms with Crippen molar-refractivity contribution >= 4 is 11.8 Å². The molecule has 1 aromatic carbocycles. The Morgan fingerprint density at radius 3 is 2.55 bits per heavy atom. The number of pyridine rings is 1. The molecule has 152 valence electrons. The molecule has 0 amide bonds. The topological polar surface area (TPSA) is 76.3 Å². The van der Waals surface area contributed by atoms with Crippen LogP contribution in [0.4, 0.5) is 0 Å². The Bertz CT molecular complexity index is 885. The van der Waals surface area contributed by atoms with Crippen LogP contribution in [0.2, 0.25) is 0 Å². The van der Waals surface area contributed by atoms with Crippen molar-refractivity contribution in [1.29, 1.82) is 0 Å². The number of β-amino-alcohol motifs (C(OH)–C–C–N with tert-alkyl or cyclic N) is 1.